The minimum Gasteiger partial charge on any atom is -0.477 e. The Morgan fingerprint density at radius 3 is 2.39 bits per heavy atom. The molecule has 9 nitrogen and oxygen atoms in total. The van der Waals surface area contributed by atoms with E-state index in [0.717, 1.165) is 0 Å². The number of ether oxygens (including phenoxy) is 1. The van der Waals surface area contributed by atoms with Gasteiger partial charge in [-0.2, -0.15) is 0 Å². The highest BCUT2D eigenvalue weighted by atomic mass is 16.5. The van der Waals surface area contributed by atoms with Crippen LogP contribution in [0.2, 0.25) is 0 Å². The van der Waals surface area contributed by atoms with Gasteiger partial charge in [-0.15, -0.1) is 0 Å². The molecule has 4 N–H and O–H groups in total. The number of carbonyl (C=O) groups is 2. The zero-order valence-corrected chi connectivity index (χ0v) is 12.0. The number of aromatic carboxylic acids is 1. The second-order valence-electron chi connectivity index (χ2n) is 4.39. The van der Waals surface area contributed by atoms with Gasteiger partial charge in [-0.25, -0.2) is 14.4 Å². The van der Waals surface area contributed by atoms with Crippen LogP contribution >= 0.6 is 0 Å². The van der Waals surface area contributed by atoms with Gasteiger partial charge in [0.2, 0.25) is 0 Å². The van der Waals surface area contributed by atoms with Crippen molar-refractivity contribution in [1.29, 1.82) is 0 Å². The molecule has 0 aliphatic rings. The van der Waals surface area contributed by atoms with Crippen molar-refractivity contribution >= 4 is 23.4 Å². The molecule has 0 amide bonds. The average Bonchev–Trinajstić information content (AvgIpc) is 2.47. The van der Waals surface area contributed by atoms with Crippen LogP contribution in [-0.4, -0.2) is 33.6 Å². The average molecular weight is 319 g/mol. The van der Waals surface area contributed by atoms with Gasteiger partial charge in [-0.3, -0.25) is 14.8 Å². The first kappa shape index (κ1) is 16.0. The lowest BCUT2D eigenvalue weighted by Crippen LogP contribution is -2.29. The van der Waals surface area contributed by atoms with E-state index in [1.54, 1.807) is 6.92 Å². The summed E-state index contributed by atoms with van der Waals surface area (Å²) >= 11 is 0. The van der Waals surface area contributed by atoms with Crippen molar-refractivity contribution in [3.63, 3.8) is 0 Å². The van der Waals surface area contributed by atoms with Crippen molar-refractivity contribution in [3.8, 4) is 0 Å². The first-order valence-electron chi connectivity index (χ1n) is 6.56. The predicted molar refractivity (Wildman–Crippen MR) is 80.3 cm³/mol. The fourth-order valence-corrected chi connectivity index (χ4v) is 1.83. The van der Waals surface area contributed by atoms with E-state index in [2.05, 4.69) is 10.3 Å². The molecule has 0 aliphatic heterocycles. The molecular weight excluding hydrogens is 306 g/mol. The summed E-state index contributed by atoms with van der Waals surface area (Å²) in [5.74, 6) is -2.24. The van der Waals surface area contributed by atoms with E-state index in [0.29, 0.717) is 11.3 Å². The number of nitrogens with one attached hydrogen (secondary N) is 3. The molecule has 0 fully saturated rings. The highest BCUT2D eigenvalue weighted by molar-refractivity contribution is 5.93. The van der Waals surface area contributed by atoms with Crippen LogP contribution in [0.3, 0.4) is 0 Å². The molecule has 120 valence electrons. The summed E-state index contributed by atoms with van der Waals surface area (Å²) in [5.41, 5.74) is -1.80. The zero-order chi connectivity index (χ0) is 17.0. The van der Waals surface area contributed by atoms with Crippen molar-refractivity contribution in [2.24, 2.45) is 0 Å². The van der Waals surface area contributed by atoms with E-state index in [1.807, 2.05) is 4.98 Å². The van der Waals surface area contributed by atoms with E-state index in [-0.39, 0.29) is 12.4 Å². The van der Waals surface area contributed by atoms with Crippen LogP contribution in [0.4, 0.5) is 11.5 Å². The number of H-pyrrole nitrogens is 2. The lowest BCUT2D eigenvalue weighted by Gasteiger charge is -2.09. The first-order chi connectivity index (χ1) is 10.9. The lowest BCUT2D eigenvalue weighted by atomic mass is 10.2. The molecule has 2 rings (SSSR count). The van der Waals surface area contributed by atoms with E-state index < -0.39 is 28.8 Å². The summed E-state index contributed by atoms with van der Waals surface area (Å²) in [5, 5.41) is 11.7. The molecule has 2 aromatic rings. The fraction of sp³-hybridized carbons (Fsp3) is 0.143. The van der Waals surface area contributed by atoms with Gasteiger partial charge in [0.15, 0.2) is 5.56 Å². The molecule has 1 aromatic carbocycles. The van der Waals surface area contributed by atoms with Gasteiger partial charge in [0.05, 0.1) is 12.2 Å². The van der Waals surface area contributed by atoms with E-state index in [9.17, 15) is 19.2 Å². The Balaban J connectivity index is 2.33. The van der Waals surface area contributed by atoms with Gasteiger partial charge in [0.25, 0.3) is 5.56 Å². The second-order valence-corrected chi connectivity index (χ2v) is 4.39. The maximum Gasteiger partial charge on any atom is 0.345 e. The monoisotopic (exact) mass is 319 g/mol. The van der Waals surface area contributed by atoms with Crippen LogP contribution < -0.4 is 16.6 Å². The van der Waals surface area contributed by atoms with Gasteiger partial charge in [-0.1, -0.05) is 0 Å². The van der Waals surface area contributed by atoms with Crippen molar-refractivity contribution in [3.05, 3.63) is 56.2 Å². The molecule has 0 unspecified atom stereocenters. The van der Waals surface area contributed by atoms with Gasteiger partial charge in [0.1, 0.15) is 5.82 Å². The van der Waals surface area contributed by atoms with Gasteiger partial charge in [0, 0.05) is 5.69 Å². The number of hydrogen-bond donors (Lipinski definition) is 4. The number of aromatic nitrogens is 2. The summed E-state index contributed by atoms with van der Waals surface area (Å²) in [6, 6.07) is 5.90. The molecule has 0 saturated carbocycles. The van der Waals surface area contributed by atoms with E-state index in [4.69, 9.17) is 9.84 Å². The third-order valence-electron chi connectivity index (χ3n) is 2.82. The minimum atomic E-state index is -1.49. The van der Waals surface area contributed by atoms with Crippen LogP contribution in [0.15, 0.2) is 33.9 Å². The Morgan fingerprint density at radius 1 is 1.17 bits per heavy atom. The highest BCUT2D eigenvalue weighted by Gasteiger charge is 2.17. The number of carbonyl (C=O) groups excluding carboxylic acids is 1. The number of rotatable bonds is 5. The second kappa shape index (κ2) is 6.60. The maximum atomic E-state index is 11.6. The Morgan fingerprint density at radius 2 is 1.83 bits per heavy atom. The Kier molecular flexibility index (Phi) is 4.60. The molecule has 0 atom stereocenters. The molecule has 0 spiro atoms. The van der Waals surface area contributed by atoms with Crippen LogP contribution in [0.1, 0.15) is 27.6 Å². The normalized spacial score (nSPS) is 10.1. The molecule has 23 heavy (non-hydrogen) atoms. The number of esters is 1. The molecule has 0 saturated heterocycles. The Labute approximate surface area is 128 Å². The summed E-state index contributed by atoms with van der Waals surface area (Å²) in [7, 11) is 0. The van der Waals surface area contributed by atoms with Crippen LogP contribution in [0.5, 0.6) is 0 Å². The van der Waals surface area contributed by atoms with E-state index in [1.165, 1.54) is 24.3 Å². The predicted octanol–water partition coefficient (Wildman–Crippen LogP) is 0.682. The molecule has 9 heteroatoms. The maximum absolute atomic E-state index is 11.6. The molecule has 0 aliphatic carbocycles. The largest absolute Gasteiger partial charge is 0.477 e. The number of carboxylic acid groups (broad SMARTS) is 1. The number of carboxylic acids is 1. The topological polar surface area (TPSA) is 141 Å². The lowest BCUT2D eigenvalue weighted by molar-refractivity contribution is 0.0526. The quantitative estimate of drug-likeness (QED) is 0.594. The summed E-state index contributed by atoms with van der Waals surface area (Å²) < 4.78 is 4.84. The third kappa shape index (κ3) is 3.64. The van der Waals surface area contributed by atoms with Crippen molar-refractivity contribution in [1.82, 2.24) is 9.97 Å². The van der Waals surface area contributed by atoms with Crippen molar-refractivity contribution in [2.75, 3.05) is 11.9 Å². The van der Waals surface area contributed by atoms with Crippen LogP contribution in [0, 0.1) is 0 Å². The summed E-state index contributed by atoms with van der Waals surface area (Å²) in [6.07, 6.45) is 0. The zero-order valence-electron chi connectivity index (χ0n) is 12.0. The Hall–Kier alpha value is -3.36. The van der Waals surface area contributed by atoms with Gasteiger partial charge < -0.3 is 15.2 Å². The molecule has 0 radical (unpaired) electrons. The number of aromatic amines is 2. The van der Waals surface area contributed by atoms with Crippen LogP contribution in [0.25, 0.3) is 0 Å². The standard InChI is InChI=1S/C14H13N3O6/c1-2-23-13(21)7-3-5-8(6-4-7)15-10-9(12(19)20)11(18)17-14(22)16-10/h3-6H,2H2,1H3,(H,19,20)(H3,15,16,17,18,22). The molecular formula is C14H13N3O6. The van der Waals surface area contributed by atoms with Gasteiger partial charge >= 0.3 is 17.6 Å². The third-order valence-corrected chi connectivity index (χ3v) is 2.82. The fourth-order valence-electron chi connectivity index (χ4n) is 1.83. The number of anilines is 2. The smallest absolute Gasteiger partial charge is 0.345 e. The minimum absolute atomic E-state index is 0.245. The SMILES string of the molecule is CCOC(=O)c1ccc(Nc2[nH]c(=O)[nH]c(=O)c2C(=O)O)cc1. The molecule has 1 heterocycles. The van der Waals surface area contributed by atoms with Crippen molar-refractivity contribution in [2.45, 2.75) is 6.92 Å². The van der Waals surface area contributed by atoms with Crippen molar-refractivity contribution < 1.29 is 19.4 Å². The highest BCUT2D eigenvalue weighted by Crippen LogP contribution is 2.16. The first-order valence-corrected chi connectivity index (χ1v) is 6.56. The number of hydrogen-bond acceptors (Lipinski definition) is 6. The Bertz CT molecular complexity index is 850. The molecule has 0 bridgehead atoms. The van der Waals surface area contributed by atoms with Gasteiger partial charge in [-0.05, 0) is 31.2 Å². The molecule has 1 aromatic heterocycles. The van der Waals surface area contributed by atoms with E-state index >= 15 is 0 Å². The number of benzene rings is 1. The van der Waals surface area contributed by atoms with Crippen LogP contribution in [-0.2, 0) is 4.74 Å². The summed E-state index contributed by atoms with van der Waals surface area (Å²) in [4.78, 5) is 49.5. The summed E-state index contributed by atoms with van der Waals surface area (Å²) in [6.45, 7) is 1.93.